The molecule has 0 heterocycles. The van der Waals surface area contributed by atoms with E-state index in [9.17, 15) is 8.42 Å². The molecule has 0 saturated carbocycles. The largest absolute Gasteiger partial charge is 0.494 e. The molecule has 0 N–H and O–H groups in total. The fourth-order valence-corrected chi connectivity index (χ4v) is 3.10. The van der Waals surface area contributed by atoms with Gasteiger partial charge in [-0.1, -0.05) is 24.3 Å². The lowest BCUT2D eigenvalue weighted by molar-refractivity contribution is 0.340. The number of ether oxygens (including phenoxy) is 1. The van der Waals surface area contributed by atoms with E-state index >= 15 is 0 Å². The predicted molar refractivity (Wildman–Crippen MR) is 89.8 cm³/mol. The Bertz CT molecular complexity index is 724. The number of aryl methyl sites for hydroxylation is 1. The van der Waals surface area contributed by atoms with Gasteiger partial charge in [0.1, 0.15) is 5.75 Å². The molecule has 0 fully saturated rings. The normalized spacial score (nSPS) is 11.2. The molecule has 0 aliphatic carbocycles. The van der Waals surface area contributed by atoms with Gasteiger partial charge in [0.15, 0.2) is 0 Å². The van der Waals surface area contributed by atoms with E-state index in [0.717, 1.165) is 16.9 Å². The van der Waals surface area contributed by atoms with Crippen molar-refractivity contribution in [1.29, 1.82) is 0 Å². The van der Waals surface area contributed by atoms with Gasteiger partial charge >= 0.3 is 0 Å². The molecule has 2 aromatic rings. The summed E-state index contributed by atoms with van der Waals surface area (Å²) in [5.74, 6) is 0.732. The fraction of sp³-hybridized carbons (Fsp3) is 0.294. The summed E-state index contributed by atoms with van der Waals surface area (Å²) in [6, 6.07) is 14.9. The van der Waals surface area contributed by atoms with Gasteiger partial charge in [0, 0.05) is 0 Å². The Hall–Kier alpha value is -2.01. The number of nitrogens with zero attached hydrogens (tertiary/aromatic N) is 1. The zero-order valence-corrected chi connectivity index (χ0v) is 13.9. The summed E-state index contributed by atoms with van der Waals surface area (Å²) in [5, 5.41) is 0. The molecule has 0 bridgehead atoms. The van der Waals surface area contributed by atoms with Crippen LogP contribution in [0.15, 0.2) is 48.5 Å². The molecule has 0 aromatic heterocycles. The summed E-state index contributed by atoms with van der Waals surface area (Å²) in [7, 11) is -3.37. The SMILES string of the molecule is CCOc1ccc(N(Cc2ccccc2C)S(C)(=O)=O)cc1. The summed E-state index contributed by atoms with van der Waals surface area (Å²) >= 11 is 0. The third-order valence-electron chi connectivity index (χ3n) is 3.41. The van der Waals surface area contributed by atoms with E-state index in [2.05, 4.69) is 0 Å². The van der Waals surface area contributed by atoms with Crippen LogP contribution in [-0.2, 0) is 16.6 Å². The highest BCUT2D eigenvalue weighted by atomic mass is 32.2. The summed E-state index contributed by atoms with van der Waals surface area (Å²) in [4.78, 5) is 0. The average Bonchev–Trinajstić information content (AvgIpc) is 2.47. The second kappa shape index (κ2) is 6.83. The zero-order chi connectivity index (χ0) is 16.2. The molecule has 0 aliphatic heterocycles. The van der Waals surface area contributed by atoms with Crippen molar-refractivity contribution >= 4 is 15.7 Å². The number of sulfonamides is 1. The highest BCUT2D eigenvalue weighted by Crippen LogP contribution is 2.24. The fourth-order valence-electron chi connectivity index (χ4n) is 2.22. The van der Waals surface area contributed by atoms with Crippen LogP contribution in [0, 0.1) is 6.92 Å². The first-order valence-corrected chi connectivity index (χ1v) is 9.01. The number of benzene rings is 2. The minimum absolute atomic E-state index is 0.319. The minimum atomic E-state index is -3.37. The van der Waals surface area contributed by atoms with Crippen LogP contribution in [0.3, 0.4) is 0 Å². The number of rotatable bonds is 6. The van der Waals surface area contributed by atoms with Crippen molar-refractivity contribution in [2.24, 2.45) is 0 Å². The van der Waals surface area contributed by atoms with E-state index in [4.69, 9.17) is 4.74 Å². The maximum Gasteiger partial charge on any atom is 0.232 e. The third kappa shape index (κ3) is 4.01. The number of anilines is 1. The monoisotopic (exact) mass is 319 g/mol. The van der Waals surface area contributed by atoms with Gasteiger partial charge in [-0.3, -0.25) is 4.31 Å². The van der Waals surface area contributed by atoms with Crippen molar-refractivity contribution in [1.82, 2.24) is 0 Å². The van der Waals surface area contributed by atoms with Crippen molar-refractivity contribution in [3.05, 3.63) is 59.7 Å². The Morgan fingerprint density at radius 2 is 1.68 bits per heavy atom. The minimum Gasteiger partial charge on any atom is -0.494 e. The Balaban J connectivity index is 2.33. The standard InChI is InChI=1S/C17H21NO3S/c1-4-21-17-11-9-16(10-12-17)18(22(3,19)20)13-15-8-6-5-7-14(15)2/h5-12H,4,13H2,1-3H3. The van der Waals surface area contributed by atoms with Crippen LogP contribution < -0.4 is 9.04 Å². The maximum atomic E-state index is 12.2. The van der Waals surface area contributed by atoms with Gasteiger partial charge in [0.2, 0.25) is 10.0 Å². The molecule has 4 nitrogen and oxygen atoms in total. The van der Waals surface area contributed by atoms with E-state index in [1.54, 1.807) is 24.3 Å². The molecule has 0 atom stereocenters. The van der Waals surface area contributed by atoms with Crippen LogP contribution in [0.4, 0.5) is 5.69 Å². The number of hydrogen-bond donors (Lipinski definition) is 0. The first-order chi connectivity index (χ1) is 10.4. The van der Waals surface area contributed by atoms with Crippen LogP contribution >= 0.6 is 0 Å². The predicted octanol–water partition coefficient (Wildman–Crippen LogP) is 3.36. The van der Waals surface area contributed by atoms with Gasteiger partial charge in [-0.2, -0.15) is 0 Å². The molecule has 0 amide bonds. The Labute approximate surface area is 132 Å². The van der Waals surface area contributed by atoms with Gasteiger partial charge in [-0.15, -0.1) is 0 Å². The Morgan fingerprint density at radius 1 is 1.05 bits per heavy atom. The lowest BCUT2D eigenvalue weighted by Gasteiger charge is -2.23. The van der Waals surface area contributed by atoms with Crippen LogP contribution in [0.5, 0.6) is 5.75 Å². The molecule has 2 aromatic carbocycles. The summed E-state index contributed by atoms with van der Waals surface area (Å²) < 4.78 is 31.1. The molecule has 0 aliphatic rings. The van der Waals surface area contributed by atoms with E-state index in [-0.39, 0.29) is 0 Å². The highest BCUT2D eigenvalue weighted by Gasteiger charge is 2.18. The third-order valence-corrected chi connectivity index (χ3v) is 4.55. The van der Waals surface area contributed by atoms with Gasteiger partial charge in [0.05, 0.1) is 25.1 Å². The van der Waals surface area contributed by atoms with Crippen molar-refractivity contribution in [3.8, 4) is 5.75 Å². The summed E-state index contributed by atoms with van der Waals surface area (Å²) in [5.41, 5.74) is 2.69. The number of hydrogen-bond acceptors (Lipinski definition) is 3. The summed E-state index contributed by atoms with van der Waals surface area (Å²) in [6.45, 7) is 4.79. The first kappa shape index (κ1) is 16.4. The molecule has 118 valence electrons. The van der Waals surface area contributed by atoms with Crippen molar-refractivity contribution in [2.45, 2.75) is 20.4 Å². The molecule has 0 radical (unpaired) electrons. The molecular weight excluding hydrogens is 298 g/mol. The van der Waals surface area contributed by atoms with Crippen molar-refractivity contribution in [2.75, 3.05) is 17.2 Å². The molecule has 5 heteroatoms. The molecule has 2 rings (SSSR count). The summed E-state index contributed by atoms with van der Waals surface area (Å²) in [6.07, 6.45) is 1.22. The lowest BCUT2D eigenvalue weighted by Crippen LogP contribution is -2.29. The topological polar surface area (TPSA) is 46.6 Å². The first-order valence-electron chi connectivity index (χ1n) is 7.17. The van der Waals surface area contributed by atoms with Crippen LogP contribution in [0.1, 0.15) is 18.1 Å². The Morgan fingerprint density at radius 3 is 2.23 bits per heavy atom. The van der Waals surface area contributed by atoms with Crippen LogP contribution in [-0.4, -0.2) is 21.3 Å². The lowest BCUT2D eigenvalue weighted by atomic mass is 10.1. The second-order valence-electron chi connectivity index (χ2n) is 5.12. The maximum absolute atomic E-state index is 12.2. The van der Waals surface area contributed by atoms with Crippen molar-refractivity contribution in [3.63, 3.8) is 0 Å². The second-order valence-corrected chi connectivity index (χ2v) is 7.03. The Kier molecular flexibility index (Phi) is 5.08. The molecule has 22 heavy (non-hydrogen) atoms. The van der Waals surface area contributed by atoms with Crippen LogP contribution in [0.2, 0.25) is 0 Å². The average molecular weight is 319 g/mol. The van der Waals surface area contributed by atoms with Gasteiger partial charge in [0.25, 0.3) is 0 Å². The molecule has 0 saturated heterocycles. The van der Waals surface area contributed by atoms with Crippen LogP contribution in [0.25, 0.3) is 0 Å². The quantitative estimate of drug-likeness (QED) is 0.820. The van der Waals surface area contributed by atoms with E-state index < -0.39 is 10.0 Å². The van der Waals surface area contributed by atoms with E-state index in [0.29, 0.717) is 18.8 Å². The van der Waals surface area contributed by atoms with E-state index in [1.807, 2.05) is 38.1 Å². The molecule has 0 spiro atoms. The molecule has 0 unspecified atom stereocenters. The smallest absolute Gasteiger partial charge is 0.232 e. The van der Waals surface area contributed by atoms with Gasteiger partial charge in [-0.05, 0) is 49.2 Å². The highest BCUT2D eigenvalue weighted by molar-refractivity contribution is 7.92. The zero-order valence-electron chi connectivity index (χ0n) is 13.1. The van der Waals surface area contributed by atoms with Gasteiger partial charge < -0.3 is 4.74 Å². The van der Waals surface area contributed by atoms with E-state index in [1.165, 1.54) is 10.6 Å². The van der Waals surface area contributed by atoms with Gasteiger partial charge in [-0.25, -0.2) is 8.42 Å². The molecular formula is C17H21NO3S. The van der Waals surface area contributed by atoms with Crippen molar-refractivity contribution < 1.29 is 13.2 Å².